The van der Waals surface area contributed by atoms with Gasteiger partial charge in [-0.1, -0.05) is 29.3 Å². The molecule has 36 heavy (non-hydrogen) atoms. The Kier molecular flexibility index (Phi) is 11.3. The van der Waals surface area contributed by atoms with Crippen molar-refractivity contribution in [1.82, 2.24) is 10.2 Å². The molecular formula is C25H33Cl2N3O5S. The largest absolute Gasteiger partial charge is 0.494 e. The third kappa shape index (κ3) is 8.57. The number of sulfonamides is 1. The van der Waals surface area contributed by atoms with Gasteiger partial charge in [0.1, 0.15) is 11.8 Å². The second-order valence-corrected chi connectivity index (χ2v) is 10.9. The summed E-state index contributed by atoms with van der Waals surface area (Å²) in [4.78, 5) is 27.2. The molecule has 0 aliphatic heterocycles. The van der Waals surface area contributed by atoms with Gasteiger partial charge in [0.05, 0.1) is 18.6 Å². The fourth-order valence-electron chi connectivity index (χ4n) is 3.62. The number of carbonyl (C=O) groups is 2. The standard InChI is InChI=1S/C25H33Cl2N3O5S/c1-5-28-25(32)18(3)29(17-19-9-10-20(26)16-23(19)27)24(31)8-7-15-30(36(4,33)34)21-11-13-22(14-12-21)35-6-2/h9-14,16,18H,5-8,15,17H2,1-4H3,(H,28,32)/t18-/m0/s1. The second-order valence-electron chi connectivity index (χ2n) is 8.19. The van der Waals surface area contributed by atoms with Crippen molar-refractivity contribution in [2.24, 2.45) is 0 Å². The van der Waals surface area contributed by atoms with Crippen molar-refractivity contribution < 1.29 is 22.7 Å². The normalized spacial score (nSPS) is 12.1. The molecule has 0 fully saturated rings. The zero-order valence-corrected chi connectivity index (χ0v) is 23.3. The predicted octanol–water partition coefficient (Wildman–Crippen LogP) is 4.49. The highest BCUT2D eigenvalue weighted by Gasteiger charge is 2.27. The highest BCUT2D eigenvalue weighted by Crippen LogP contribution is 2.25. The molecule has 0 unspecified atom stereocenters. The molecule has 0 saturated heterocycles. The van der Waals surface area contributed by atoms with Crippen LogP contribution in [0.25, 0.3) is 0 Å². The van der Waals surface area contributed by atoms with Gasteiger partial charge in [-0.25, -0.2) is 8.42 Å². The lowest BCUT2D eigenvalue weighted by atomic mass is 10.1. The summed E-state index contributed by atoms with van der Waals surface area (Å²) in [5.41, 5.74) is 1.13. The van der Waals surface area contributed by atoms with Gasteiger partial charge in [-0.05, 0) is 69.2 Å². The lowest BCUT2D eigenvalue weighted by Gasteiger charge is -2.29. The number of rotatable bonds is 13. The monoisotopic (exact) mass is 557 g/mol. The first-order valence-corrected chi connectivity index (χ1v) is 14.3. The maximum atomic E-state index is 13.3. The third-order valence-corrected chi connectivity index (χ3v) is 7.24. The van der Waals surface area contributed by atoms with Crippen LogP contribution >= 0.6 is 23.2 Å². The topological polar surface area (TPSA) is 96.0 Å². The molecule has 0 aliphatic carbocycles. The highest BCUT2D eigenvalue weighted by atomic mass is 35.5. The van der Waals surface area contributed by atoms with E-state index in [1.165, 1.54) is 9.21 Å². The number of nitrogens with one attached hydrogen (secondary N) is 1. The van der Waals surface area contributed by atoms with E-state index in [9.17, 15) is 18.0 Å². The van der Waals surface area contributed by atoms with Crippen LogP contribution in [-0.4, -0.2) is 57.1 Å². The van der Waals surface area contributed by atoms with E-state index in [2.05, 4.69) is 5.32 Å². The fraction of sp³-hybridized carbons (Fsp3) is 0.440. The summed E-state index contributed by atoms with van der Waals surface area (Å²) in [5.74, 6) is 0.0590. The van der Waals surface area contributed by atoms with E-state index in [1.54, 1.807) is 56.3 Å². The number of anilines is 1. The number of benzene rings is 2. The molecule has 1 N–H and O–H groups in total. The minimum Gasteiger partial charge on any atom is -0.494 e. The van der Waals surface area contributed by atoms with Crippen molar-refractivity contribution in [2.45, 2.75) is 46.2 Å². The van der Waals surface area contributed by atoms with Gasteiger partial charge < -0.3 is 15.0 Å². The average molecular weight is 559 g/mol. The molecule has 8 nitrogen and oxygen atoms in total. The summed E-state index contributed by atoms with van der Waals surface area (Å²) >= 11 is 12.3. The number of nitrogens with zero attached hydrogens (tertiary/aromatic N) is 2. The molecule has 0 aromatic heterocycles. The molecule has 0 heterocycles. The lowest BCUT2D eigenvalue weighted by molar-refractivity contribution is -0.140. The minimum absolute atomic E-state index is 0.0397. The Morgan fingerprint density at radius 2 is 1.75 bits per heavy atom. The number of halogens is 2. The zero-order chi connectivity index (χ0) is 26.9. The molecular weight excluding hydrogens is 525 g/mol. The van der Waals surface area contributed by atoms with E-state index in [0.29, 0.717) is 40.2 Å². The molecule has 0 bridgehead atoms. The van der Waals surface area contributed by atoms with Gasteiger partial charge in [0.15, 0.2) is 0 Å². The van der Waals surface area contributed by atoms with E-state index in [1.807, 2.05) is 6.92 Å². The smallest absolute Gasteiger partial charge is 0.242 e. The van der Waals surface area contributed by atoms with Crippen LogP contribution in [0, 0.1) is 0 Å². The van der Waals surface area contributed by atoms with Crippen molar-refractivity contribution in [1.29, 1.82) is 0 Å². The Hall–Kier alpha value is -2.49. The van der Waals surface area contributed by atoms with Gasteiger partial charge in [-0.15, -0.1) is 0 Å². The van der Waals surface area contributed by atoms with E-state index in [-0.39, 0.29) is 37.7 Å². The van der Waals surface area contributed by atoms with E-state index in [0.717, 1.165) is 6.26 Å². The van der Waals surface area contributed by atoms with Crippen molar-refractivity contribution >= 4 is 50.7 Å². The van der Waals surface area contributed by atoms with E-state index < -0.39 is 16.1 Å². The molecule has 2 amide bonds. The van der Waals surface area contributed by atoms with Crippen molar-refractivity contribution in [3.8, 4) is 5.75 Å². The molecule has 11 heteroatoms. The Bertz CT molecular complexity index is 1140. The summed E-state index contributed by atoms with van der Waals surface area (Å²) in [7, 11) is -3.58. The maximum Gasteiger partial charge on any atom is 0.242 e. The molecule has 2 aromatic rings. The summed E-state index contributed by atoms with van der Waals surface area (Å²) in [6, 6.07) is 11.0. The SMILES string of the molecule is CCNC(=O)[C@H](C)N(Cc1ccc(Cl)cc1Cl)C(=O)CCCN(c1ccc(OCC)cc1)S(C)(=O)=O. The third-order valence-electron chi connectivity index (χ3n) is 5.46. The fourth-order valence-corrected chi connectivity index (χ4v) is 5.05. The van der Waals surface area contributed by atoms with Gasteiger partial charge in [0.2, 0.25) is 21.8 Å². The van der Waals surface area contributed by atoms with Gasteiger partial charge in [0.25, 0.3) is 0 Å². The number of carbonyl (C=O) groups excluding carboxylic acids is 2. The van der Waals surface area contributed by atoms with Crippen LogP contribution in [0.2, 0.25) is 10.0 Å². The van der Waals surface area contributed by atoms with Gasteiger partial charge in [0, 0.05) is 36.1 Å². The first-order chi connectivity index (χ1) is 17.0. The van der Waals surface area contributed by atoms with E-state index >= 15 is 0 Å². The van der Waals surface area contributed by atoms with Crippen LogP contribution in [0.4, 0.5) is 5.69 Å². The molecule has 198 valence electrons. The van der Waals surface area contributed by atoms with E-state index in [4.69, 9.17) is 27.9 Å². The molecule has 0 radical (unpaired) electrons. The summed E-state index contributed by atoms with van der Waals surface area (Å²) in [6.45, 7) is 6.46. The van der Waals surface area contributed by atoms with Crippen LogP contribution < -0.4 is 14.4 Å². The Morgan fingerprint density at radius 3 is 2.31 bits per heavy atom. The Morgan fingerprint density at radius 1 is 1.08 bits per heavy atom. The summed E-state index contributed by atoms with van der Waals surface area (Å²) < 4.78 is 31.6. The zero-order valence-electron chi connectivity index (χ0n) is 21.0. The number of hydrogen-bond donors (Lipinski definition) is 1. The van der Waals surface area contributed by atoms with Crippen LogP contribution in [0.5, 0.6) is 5.75 Å². The van der Waals surface area contributed by atoms with Gasteiger partial charge >= 0.3 is 0 Å². The average Bonchev–Trinajstić information content (AvgIpc) is 2.81. The second kappa shape index (κ2) is 13.7. The van der Waals surface area contributed by atoms with Crippen LogP contribution in [0.1, 0.15) is 39.2 Å². The molecule has 0 saturated carbocycles. The molecule has 2 aromatic carbocycles. The molecule has 0 aliphatic rings. The van der Waals surface area contributed by atoms with Gasteiger partial charge in [-0.2, -0.15) is 0 Å². The quantitative estimate of drug-likeness (QED) is 0.391. The van der Waals surface area contributed by atoms with Crippen LogP contribution in [0.15, 0.2) is 42.5 Å². The Labute approximate surface area is 223 Å². The number of amides is 2. The van der Waals surface area contributed by atoms with Crippen molar-refractivity contribution in [3.63, 3.8) is 0 Å². The molecule has 1 atom stereocenters. The van der Waals surface area contributed by atoms with Gasteiger partial charge in [-0.3, -0.25) is 13.9 Å². The molecule has 0 spiro atoms. The predicted molar refractivity (Wildman–Crippen MR) is 144 cm³/mol. The van der Waals surface area contributed by atoms with Crippen molar-refractivity contribution in [2.75, 3.05) is 30.3 Å². The van der Waals surface area contributed by atoms with Crippen LogP contribution in [-0.2, 0) is 26.2 Å². The minimum atomic E-state index is -3.58. The number of hydrogen-bond acceptors (Lipinski definition) is 5. The number of ether oxygens (including phenoxy) is 1. The first kappa shape index (κ1) is 29.7. The maximum absolute atomic E-state index is 13.3. The summed E-state index contributed by atoms with van der Waals surface area (Å²) in [5, 5.41) is 3.59. The Balaban J connectivity index is 2.17. The highest BCUT2D eigenvalue weighted by molar-refractivity contribution is 7.92. The summed E-state index contributed by atoms with van der Waals surface area (Å²) in [6.07, 6.45) is 1.42. The van der Waals surface area contributed by atoms with Crippen LogP contribution in [0.3, 0.4) is 0 Å². The first-order valence-electron chi connectivity index (χ1n) is 11.7. The molecule has 2 rings (SSSR count). The lowest BCUT2D eigenvalue weighted by Crippen LogP contribution is -2.47. The van der Waals surface area contributed by atoms with Crippen molar-refractivity contribution in [3.05, 3.63) is 58.1 Å². The number of likely N-dealkylation sites (N-methyl/N-ethyl adjacent to an activating group) is 1.